The quantitative estimate of drug-likeness (QED) is 0.352. The highest BCUT2D eigenvalue weighted by molar-refractivity contribution is 5.80. The fourth-order valence-corrected chi connectivity index (χ4v) is 7.33. The van der Waals surface area contributed by atoms with E-state index in [1.54, 1.807) is 0 Å². The van der Waals surface area contributed by atoms with Crippen LogP contribution in [0.1, 0.15) is 131 Å². The fraction of sp³-hybridized carbons (Fsp3) is 0.925. The summed E-state index contributed by atoms with van der Waals surface area (Å²) in [5.74, 6) is -0.214. The van der Waals surface area contributed by atoms with Crippen LogP contribution in [0.15, 0.2) is 0 Å². The summed E-state index contributed by atoms with van der Waals surface area (Å²) in [6.07, 6.45) is 0.636. The number of nitriles is 1. The standard InChI is InChI=1S/C14H27N3.C13H27N3O.C13H25N3/c1-13(2,3)16-9-10-17(14(4,5)6)12(11-16)7-8-15;1-12(2,3)15-7-8-16(13(4,5)6)10(9-15)11(14)17;1-12(2,3)15-8-9-16(13(4,5)6)11(10-15)14-7/h12H,7,9-11H2,1-6H3;10H,7-9H2,1-6H3,(H2,14,17);11H,8-10H2,1-6H3. The minimum Gasteiger partial charge on any atom is -0.368 e. The molecular formula is C40H79N9O. The summed E-state index contributed by atoms with van der Waals surface area (Å²) in [5, 5.41) is 9.00. The smallest absolute Gasteiger partial charge is 0.292 e. The van der Waals surface area contributed by atoms with Crippen LogP contribution in [0, 0.1) is 17.9 Å². The van der Waals surface area contributed by atoms with Gasteiger partial charge >= 0.3 is 0 Å². The lowest BCUT2D eigenvalue weighted by atomic mass is 9.95. The second-order valence-electron chi connectivity index (χ2n) is 20.5. The van der Waals surface area contributed by atoms with Gasteiger partial charge in [0.15, 0.2) is 0 Å². The van der Waals surface area contributed by atoms with Gasteiger partial charge in [0, 0.05) is 91.6 Å². The molecule has 3 aliphatic rings. The van der Waals surface area contributed by atoms with E-state index in [1.165, 1.54) is 0 Å². The molecule has 3 unspecified atom stereocenters. The molecule has 3 heterocycles. The van der Waals surface area contributed by atoms with Crippen molar-refractivity contribution in [2.75, 3.05) is 58.9 Å². The molecule has 1 amide bonds. The Kier molecular flexibility index (Phi) is 16.0. The van der Waals surface area contributed by atoms with Crippen LogP contribution >= 0.6 is 0 Å². The van der Waals surface area contributed by atoms with Crippen LogP contribution in [0.4, 0.5) is 0 Å². The van der Waals surface area contributed by atoms with Gasteiger partial charge in [-0.05, 0) is 125 Å². The Labute approximate surface area is 309 Å². The highest BCUT2D eigenvalue weighted by atomic mass is 16.1. The summed E-state index contributed by atoms with van der Waals surface area (Å²) in [6, 6.07) is 2.53. The van der Waals surface area contributed by atoms with Gasteiger partial charge in [-0.25, -0.2) is 11.5 Å². The number of primary amides is 1. The number of hydrogen-bond acceptors (Lipinski definition) is 8. The lowest BCUT2D eigenvalue weighted by Crippen LogP contribution is -2.65. The lowest BCUT2D eigenvalue weighted by molar-refractivity contribution is -0.130. The monoisotopic (exact) mass is 702 g/mol. The molecule has 3 atom stereocenters. The Hall–Kier alpha value is -1.79. The van der Waals surface area contributed by atoms with Gasteiger partial charge in [0.1, 0.15) is 6.04 Å². The van der Waals surface area contributed by atoms with Crippen molar-refractivity contribution >= 4 is 5.91 Å². The van der Waals surface area contributed by atoms with Gasteiger partial charge in [-0.1, -0.05) is 0 Å². The van der Waals surface area contributed by atoms with Gasteiger partial charge < -0.3 is 5.73 Å². The molecule has 0 aliphatic carbocycles. The summed E-state index contributed by atoms with van der Waals surface area (Å²) in [4.78, 5) is 29.7. The number of nitrogens with zero attached hydrogens (tertiary/aromatic N) is 8. The normalized spacial score (nSPS) is 25.0. The first-order valence-corrected chi connectivity index (χ1v) is 18.9. The molecule has 0 aromatic rings. The Morgan fingerprint density at radius 1 is 0.600 bits per heavy atom. The zero-order chi connectivity index (χ0) is 39.3. The Morgan fingerprint density at radius 2 is 0.960 bits per heavy atom. The van der Waals surface area contributed by atoms with E-state index in [4.69, 9.17) is 17.6 Å². The Balaban J connectivity index is 0.000000375. The first-order valence-electron chi connectivity index (χ1n) is 18.9. The molecule has 0 bridgehead atoms. The molecule has 3 rings (SSSR count). The fourth-order valence-electron chi connectivity index (χ4n) is 7.33. The van der Waals surface area contributed by atoms with Gasteiger partial charge in [-0.3, -0.25) is 34.1 Å². The molecule has 10 heteroatoms. The highest BCUT2D eigenvalue weighted by Gasteiger charge is 2.42. The molecular weight excluding hydrogens is 623 g/mol. The summed E-state index contributed by atoms with van der Waals surface area (Å²) in [6.45, 7) is 55.7. The maximum atomic E-state index is 11.6. The average Bonchev–Trinajstić information content (AvgIpc) is 2.94. The van der Waals surface area contributed by atoms with Gasteiger partial charge in [-0.2, -0.15) is 5.26 Å². The third-order valence-electron chi connectivity index (χ3n) is 10.5. The van der Waals surface area contributed by atoms with E-state index >= 15 is 0 Å². The predicted molar refractivity (Wildman–Crippen MR) is 211 cm³/mol. The van der Waals surface area contributed by atoms with Crippen molar-refractivity contribution in [2.24, 2.45) is 5.73 Å². The maximum absolute atomic E-state index is 11.6. The molecule has 3 saturated heterocycles. The molecule has 10 nitrogen and oxygen atoms in total. The molecule has 2 N–H and O–H groups in total. The van der Waals surface area contributed by atoms with Gasteiger partial charge in [0.05, 0.1) is 19.0 Å². The highest BCUT2D eigenvalue weighted by Crippen LogP contribution is 2.28. The van der Waals surface area contributed by atoms with Gasteiger partial charge in [0.25, 0.3) is 6.17 Å². The average molecular weight is 702 g/mol. The van der Waals surface area contributed by atoms with E-state index in [0.29, 0.717) is 12.5 Å². The van der Waals surface area contributed by atoms with Crippen LogP contribution in [0.25, 0.3) is 4.85 Å². The number of carbonyl (C=O) groups is 1. The second kappa shape index (κ2) is 17.4. The number of rotatable bonds is 2. The summed E-state index contributed by atoms with van der Waals surface area (Å²) >= 11 is 0. The first kappa shape index (κ1) is 46.2. The van der Waals surface area contributed by atoms with Gasteiger partial charge in [-0.15, -0.1) is 0 Å². The number of amides is 1. The van der Waals surface area contributed by atoms with E-state index in [-0.39, 0.29) is 51.3 Å². The van der Waals surface area contributed by atoms with Gasteiger partial charge in [0.2, 0.25) is 5.91 Å². The van der Waals surface area contributed by atoms with Crippen molar-refractivity contribution in [2.45, 2.75) is 183 Å². The third-order valence-corrected chi connectivity index (χ3v) is 10.5. The molecule has 0 aromatic carbocycles. The van der Waals surface area contributed by atoms with Crippen LogP contribution in [-0.4, -0.2) is 146 Å². The molecule has 50 heavy (non-hydrogen) atoms. The third kappa shape index (κ3) is 14.0. The van der Waals surface area contributed by atoms with E-state index < -0.39 is 0 Å². The number of carbonyl (C=O) groups excluding carboxylic acids is 1. The SMILES string of the molecule is CC(C)(C)N1CCN(C(C)(C)C)C(C(N)=O)C1.CC(C)(C)N1CCN(C(C)(C)C)C(CC#N)C1.[C-]#[N+]C1CN(C(C)(C)C)CCN1C(C)(C)C. The number of hydrogen-bond donors (Lipinski definition) is 1. The van der Waals surface area contributed by atoms with Crippen molar-refractivity contribution in [1.29, 1.82) is 5.26 Å². The maximum Gasteiger partial charge on any atom is 0.292 e. The van der Waals surface area contributed by atoms with E-state index in [2.05, 4.69) is 165 Å². The van der Waals surface area contributed by atoms with Crippen LogP contribution in [-0.2, 0) is 4.79 Å². The largest absolute Gasteiger partial charge is 0.368 e. The molecule has 3 aliphatic heterocycles. The predicted octanol–water partition coefficient (Wildman–Crippen LogP) is 5.98. The van der Waals surface area contributed by atoms with E-state index in [1.807, 2.05) is 0 Å². The second-order valence-corrected chi connectivity index (χ2v) is 20.5. The van der Waals surface area contributed by atoms with Crippen molar-refractivity contribution in [1.82, 2.24) is 29.4 Å². The molecule has 0 aromatic heterocycles. The zero-order valence-corrected chi connectivity index (χ0v) is 35.9. The zero-order valence-electron chi connectivity index (χ0n) is 35.9. The molecule has 290 valence electrons. The van der Waals surface area contributed by atoms with E-state index in [9.17, 15) is 4.79 Å². The summed E-state index contributed by atoms with van der Waals surface area (Å²) in [5.41, 5.74) is 6.27. The molecule has 0 radical (unpaired) electrons. The molecule has 0 spiro atoms. The molecule has 3 fully saturated rings. The topological polar surface area (TPSA) is 90.7 Å². The van der Waals surface area contributed by atoms with E-state index in [0.717, 1.165) is 58.9 Å². The molecule has 0 saturated carbocycles. The number of piperazine rings is 3. The van der Waals surface area contributed by atoms with Crippen molar-refractivity contribution < 1.29 is 4.79 Å². The van der Waals surface area contributed by atoms with Crippen molar-refractivity contribution in [3.63, 3.8) is 0 Å². The van der Waals surface area contributed by atoms with Crippen molar-refractivity contribution in [3.8, 4) is 6.07 Å². The first-order chi connectivity index (χ1) is 22.3. The number of nitrogens with two attached hydrogens (primary N) is 1. The lowest BCUT2D eigenvalue weighted by Gasteiger charge is -2.50. The summed E-state index contributed by atoms with van der Waals surface area (Å²) < 4.78 is 0. The minimum atomic E-state index is -0.214. The van der Waals surface area contributed by atoms with Crippen LogP contribution in [0.5, 0.6) is 0 Å². The van der Waals surface area contributed by atoms with Crippen molar-refractivity contribution in [3.05, 3.63) is 11.4 Å². The Morgan fingerprint density at radius 3 is 1.30 bits per heavy atom. The van der Waals surface area contributed by atoms with Crippen LogP contribution in [0.3, 0.4) is 0 Å². The Bertz CT molecular complexity index is 1150. The van der Waals surface area contributed by atoms with Crippen LogP contribution < -0.4 is 5.73 Å². The van der Waals surface area contributed by atoms with Crippen LogP contribution in [0.2, 0.25) is 0 Å². The minimum absolute atomic E-state index is 0.00738. The summed E-state index contributed by atoms with van der Waals surface area (Å²) in [7, 11) is 0.